The van der Waals surface area contributed by atoms with Crippen molar-refractivity contribution in [3.8, 4) is 11.4 Å². The van der Waals surface area contributed by atoms with Gasteiger partial charge in [0.2, 0.25) is 0 Å². The minimum atomic E-state index is -0.0340. The summed E-state index contributed by atoms with van der Waals surface area (Å²) in [6, 6.07) is 15.0. The van der Waals surface area contributed by atoms with Gasteiger partial charge in [-0.05, 0) is 53.2 Å². The molecular formula is C18H19N5O2. The molecule has 0 saturated heterocycles. The molecule has 0 N–H and O–H groups in total. The summed E-state index contributed by atoms with van der Waals surface area (Å²) in [7, 11) is 1.63. The highest BCUT2D eigenvalue weighted by Crippen LogP contribution is 2.16. The van der Waals surface area contributed by atoms with Gasteiger partial charge >= 0.3 is 0 Å². The van der Waals surface area contributed by atoms with Gasteiger partial charge in [-0.15, -0.1) is 5.10 Å². The largest absolute Gasteiger partial charge is 0.497 e. The minimum absolute atomic E-state index is 0.0340. The molecule has 7 nitrogen and oxygen atoms in total. The fourth-order valence-electron chi connectivity index (χ4n) is 2.52. The van der Waals surface area contributed by atoms with E-state index in [-0.39, 0.29) is 5.91 Å². The summed E-state index contributed by atoms with van der Waals surface area (Å²) < 4.78 is 6.69. The fourth-order valence-corrected chi connectivity index (χ4v) is 2.52. The maximum absolute atomic E-state index is 12.9. The first-order valence-electron chi connectivity index (χ1n) is 7.97. The first kappa shape index (κ1) is 16.6. The zero-order chi connectivity index (χ0) is 17.6. The highest BCUT2D eigenvalue weighted by molar-refractivity contribution is 5.94. The van der Waals surface area contributed by atoms with Gasteiger partial charge in [0.05, 0.1) is 12.8 Å². The van der Waals surface area contributed by atoms with Gasteiger partial charge in [0.15, 0.2) is 0 Å². The molecular weight excluding hydrogens is 318 g/mol. The molecule has 3 rings (SSSR count). The Morgan fingerprint density at radius 1 is 1.20 bits per heavy atom. The van der Waals surface area contributed by atoms with Gasteiger partial charge in [0.25, 0.3) is 5.91 Å². The van der Waals surface area contributed by atoms with E-state index in [4.69, 9.17) is 4.74 Å². The number of benzene rings is 2. The number of ether oxygens (including phenoxy) is 1. The van der Waals surface area contributed by atoms with E-state index in [1.54, 1.807) is 24.1 Å². The smallest absolute Gasteiger partial charge is 0.254 e. The molecule has 1 aromatic heterocycles. The number of tetrazole rings is 1. The van der Waals surface area contributed by atoms with Gasteiger partial charge in [-0.1, -0.05) is 18.2 Å². The monoisotopic (exact) mass is 337 g/mol. The van der Waals surface area contributed by atoms with Gasteiger partial charge in [-0.3, -0.25) is 4.79 Å². The quantitative estimate of drug-likeness (QED) is 0.690. The molecule has 0 fully saturated rings. The fraction of sp³-hybridized carbons (Fsp3) is 0.222. The summed E-state index contributed by atoms with van der Waals surface area (Å²) in [5, 5.41) is 11.1. The van der Waals surface area contributed by atoms with E-state index < -0.39 is 0 Å². The Bertz CT molecular complexity index is 831. The average Bonchev–Trinajstić information content (AvgIpc) is 3.21. The number of amides is 1. The maximum Gasteiger partial charge on any atom is 0.254 e. The summed E-state index contributed by atoms with van der Waals surface area (Å²) in [6.45, 7) is 3.11. The van der Waals surface area contributed by atoms with Crippen molar-refractivity contribution in [2.75, 3.05) is 13.7 Å². The number of hydrogen-bond acceptors (Lipinski definition) is 5. The van der Waals surface area contributed by atoms with Crippen molar-refractivity contribution in [3.05, 3.63) is 66.0 Å². The van der Waals surface area contributed by atoms with Gasteiger partial charge in [-0.25, -0.2) is 4.68 Å². The number of methoxy groups -OCH3 is 1. The molecule has 2 aromatic carbocycles. The van der Waals surface area contributed by atoms with E-state index in [1.165, 1.54) is 11.0 Å². The summed E-state index contributed by atoms with van der Waals surface area (Å²) >= 11 is 0. The molecule has 1 amide bonds. The van der Waals surface area contributed by atoms with Crippen LogP contribution in [-0.2, 0) is 6.54 Å². The highest BCUT2D eigenvalue weighted by atomic mass is 16.5. The van der Waals surface area contributed by atoms with E-state index in [0.29, 0.717) is 18.7 Å². The average molecular weight is 337 g/mol. The van der Waals surface area contributed by atoms with Crippen LogP contribution in [0.1, 0.15) is 22.8 Å². The number of nitrogens with zero attached hydrogens (tertiary/aromatic N) is 5. The minimum Gasteiger partial charge on any atom is -0.497 e. The molecule has 7 heteroatoms. The predicted octanol–water partition coefficient (Wildman–Crippen LogP) is 2.33. The molecule has 0 aliphatic rings. The maximum atomic E-state index is 12.9. The predicted molar refractivity (Wildman–Crippen MR) is 92.6 cm³/mol. The number of hydrogen-bond donors (Lipinski definition) is 0. The summed E-state index contributed by atoms with van der Waals surface area (Å²) in [4.78, 5) is 14.7. The molecule has 0 unspecified atom stereocenters. The van der Waals surface area contributed by atoms with Crippen molar-refractivity contribution in [3.63, 3.8) is 0 Å². The van der Waals surface area contributed by atoms with Crippen LogP contribution in [0.2, 0.25) is 0 Å². The number of aromatic nitrogens is 4. The van der Waals surface area contributed by atoms with Crippen LogP contribution in [0.3, 0.4) is 0 Å². The van der Waals surface area contributed by atoms with Crippen molar-refractivity contribution in [2.24, 2.45) is 0 Å². The van der Waals surface area contributed by atoms with Crippen LogP contribution >= 0.6 is 0 Å². The highest BCUT2D eigenvalue weighted by Gasteiger charge is 2.15. The Labute approximate surface area is 145 Å². The Balaban J connectivity index is 1.78. The number of carbonyl (C=O) groups is 1. The molecule has 128 valence electrons. The van der Waals surface area contributed by atoms with Gasteiger partial charge in [-0.2, -0.15) is 0 Å². The van der Waals surface area contributed by atoms with Crippen molar-refractivity contribution in [1.82, 2.24) is 25.1 Å². The van der Waals surface area contributed by atoms with E-state index in [1.807, 2.05) is 43.3 Å². The molecule has 1 heterocycles. The van der Waals surface area contributed by atoms with Gasteiger partial charge < -0.3 is 9.64 Å². The third kappa shape index (κ3) is 3.82. The van der Waals surface area contributed by atoms with Crippen molar-refractivity contribution >= 4 is 5.91 Å². The Kier molecular flexibility index (Phi) is 5.03. The lowest BCUT2D eigenvalue weighted by Crippen LogP contribution is -2.30. The van der Waals surface area contributed by atoms with E-state index >= 15 is 0 Å². The molecule has 0 atom stereocenters. The van der Waals surface area contributed by atoms with Crippen LogP contribution < -0.4 is 4.74 Å². The van der Waals surface area contributed by atoms with Crippen LogP contribution in [0.5, 0.6) is 5.75 Å². The first-order chi connectivity index (χ1) is 12.2. The molecule has 0 aliphatic carbocycles. The molecule has 3 aromatic rings. The van der Waals surface area contributed by atoms with Crippen molar-refractivity contribution in [2.45, 2.75) is 13.5 Å². The zero-order valence-electron chi connectivity index (χ0n) is 14.2. The summed E-state index contributed by atoms with van der Waals surface area (Å²) in [5.41, 5.74) is 2.40. The third-order valence-electron chi connectivity index (χ3n) is 3.91. The van der Waals surface area contributed by atoms with E-state index in [0.717, 1.165) is 17.0 Å². The molecule has 0 radical (unpaired) electrons. The van der Waals surface area contributed by atoms with Crippen LogP contribution in [-0.4, -0.2) is 44.7 Å². The normalized spacial score (nSPS) is 10.5. The second-order valence-electron chi connectivity index (χ2n) is 5.47. The lowest BCUT2D eigenvalue weighted by Gasteiger charge is -2.21. The van der Waals surface area contributed by atoms with Crippen LogP contribution in [0.4, 0.5) is 0 Å². The molecule has 0 aliphatic heterocycles. The zero-order valence-corrected chi connectivity index (χ0v) is 14.2. The molecule has 0 bridgehead atoms. The van der Waals surface area contributed by atoms with Gasteiger partial charge in [0.1, 0.15) is 12.1 Å². The summed E-state index contributed by atoms with van der Waals surface area (Å²) in [6.07, 6.45) is 1.50. The lowest BCUT2D eigenvalue weighted by atomic mass is 10.1. The third-order valence-corrected chi connectivity index (χ3v) is 3.91. The van der Waals surface area contributed by atoms with Crippen LogP contribution in [0.15, 0.2) is 54.9 Å². The lowest BCUT2D eigenvalue weighted by molar-refractivity contribution is 0.0752. The first-order valence-corrected chi connectivity index (χ1v) is 7.97. The Morgan fingerprint density at radius 3 is 2.64 bits per heavy atom. The summed E-state index contributed by atoms with van der Waals surface area (Å²) in [5.74, 6) is 0.764. The van der Waals surface area contributed by atoms with E-state index in [2.05, 4.69) is 15.5 Å². The number of rotatable bonds is 6. The SMILES string of the molecule is CCN(Cc1ccc(OC)cc1)C(=O)c1cccc(-n2cnnn2)c1. The van der Waals surface area contributed by atoms with Crippen molar-refractivity contribution in [1.29, 1.82) is 0 Å². The molecule has 0 saturated carbocycles. The van der Waals surface area contributed by atoms with Crippen LogP contribution in [0, 0.1) is 0 Å². The topological polar surface area (TPSA) is 73.1 Å². The van der Waals surface area contributed by atoms with Crippen LogP contribution in [0.25, 0.3) is 5.69 Å². The second-order valence-corrected chi connectivity index (χ2v) is 5.47. The van der Waals surface area contributed by atoms with Gasteiger partial charge in [0, 0.05) is 18.7 Å². The molecule has 0 spiro atoms. The Morgan fingerprint density at radius 2 is 2.00 bits per heavy atom. The van der Waals surface area contributed by atoms with E-state index in [9.17, 15) is 4.79 Å². The second kappa shape index (κ2) is 7.57. The van der Waals surface area contributed by atoms with Crippen molar-refractivity contribution < 1.29 is 9.53 Å². The Hall–Kier alpha value is -3.22. The number of carbonyl (C=O) groups excluding carboxylic acids is 1. The standard InChI is InChI=1S/C18H19N5O2/c1-3-22(12-14-7-9-17(25-2)10-8-14)18(24)15-5-4-6-16(11-15)23-13-19-20-21-23/h4-11,13H,3,12H2,1-2H3. The molecule has 25 heavy (non-hydrogen) atoms.